The van der Waals surface area contributed by atoms with Crippen LogP contribution in [0.3, 0.4) is 0 Å². The lowest BCUT2D eigenvalue weighted by atomic mass is 10.2. The molecule has 1 heterocycles. The fraction of sp³-hybridized carbons (Fsp3) is 0.333. The molecule has 1 saturated heterocycles. The van der Waals surface area contributed by atoms with Crippen LogP contribution in [-0.4, -0.2) is 28.0 Å². The molecular formula is C12H12BrNO3S. The molecule has 0 aliphatic carbocycles. The highest BCUT2D eigenvalue weighted by Gasteiger charge is 2.24. The van der Waals surface area contributed by atoms with Crippen molar-refractivity contribution in [1.29, 1.82) is 0 Å². The Balaban J connectivity index is 2.14. The van der Waals surface area contributed by atoms with E-state index in [0.29, 0.717) is 10.2 Å². The molecule has 1 aliphatic heterocycles. The van der Waals surface area contributed by atoms with Gasteiger partial charge in [0.15, 0.2) is 0 Å². The number of carbonyl (C=O) groups is 2. The Kier molecular flexibility index (Phi) is 4.29. The van der Waals surface area contributed by atoms with E-state index in [4.69, 9.17) is 5.11 Å². The number of carboxylic acid groups (broad SMARTS) is 1. The van der Waals surface area contributed by atoms with Gasteiger partial charge in [-0.3, -0.25) is 4.79 Å². The molecule has 96 valence electrons. The van der Waals surface area contributed by atoms with Crippen LogP contribution in [0.4, 0.5) is 5.69 Å². The minimum Gasteiger partial charge on any atom is -0.478 e. The molecule has 6 heteroatoms. The lowest BCUT2D eigenvalue weighted by molar-refractivity contribution is -0.115. The lowest BCUT2D eigenvalue weighted by Gasteiger charge is -2.11. The van der Waals surface area contributed by atoms with Crippen LogP contribution in [0.2, 0.25) is 0 Å². The highest BCUT2D eigenvalue weighted by atomic mass is 79.9. The monoisotopic (exact) mass is 329 g/mol. The average molecular weight is 330 g/mol. The first-order valence-electron chi connectivity index (χ1n) is 5.53. The summed E-state index contributed by atoms with van der Waals surface area (Å²) in [6, 6.07) is 4.58. The van der Waals surface area contributed by atoms with Crippen molar-refractivity contribution in [2.45, 2.75) is 18.1 Å². The van der Waals surface area contributed by atoms with Crippen molar-refractivity contribution < 1.29 is 14.7 Å². The van der Waals surface area contributed by atoms with Gasteiger partial charge < -0.3 is 10.4 Å². The third-order valence-corrected chi connectivity index (χ3v) is 4.76. The minimum absolute atomic E-state index is 0.0228. The number of amides is 1. The van der Waals surface area contributed by atoms with Crippen molar-refractivity contribution in [3.8, 4) is 0 Å². The van der Waals surface area contributed by atoms with Crippen LogP contribution in [-0.2, 0) is 4.79 Å². The maximum absolute atomic E-state index is 11.9. The highest BCUT2D eigenvalue weighted by Crippen LogP contribution is 2.29. The molecule has 0 saturated carbocycles. The number of hydrogen-bond acceptors (Lipinski definition) is 3. The summed E-state index contributed by atoms with van der Waals surface area (Å²) in [6.45, 7) is 0. The van der Waals surface area contributed by atoms with Crippen LogP contribution in [0, 0.1) is 0 Å². The van der Waals surface area contributed by atoms with E-state index < -0.39 is 5.97 Å². The smallest absolute Gasteiger partial charge is 0.335 e. The van der Waals surface area contributed by atoms with Gasteiger partial charge in [0.05, 0.1) is 16.5 Å². The summed E-state index contributed by atoms with van der Waals surface area (Å²) in [6.07, 6.45) is 1.94. The Bertz CT molecular complexity index is 486. The molecule has 0 aromatic heterocycles. The van der Waals surface area contributed by atoms with Crippen LogP contribution < -0.4 is 5.32 Å². The van der Waals surface area contributed by atoms with Crippen LogP contribution in [0.1, 0.15) is 23.2 Å². The number of rotatable bonds is 3. The zero-order chi connectivity index (χ0) is 13.1. The molecule has 1 unspecified atom stereocenters. The van der Waals surface area contributed by atoms with Gasteiger partial charge in [0.1, 0.15) is 0 Å². The largest absolute Gasteiger partial charge is 0.478 e. The number of benzene rings is 1. The molecular weight excluding hydrogens is 318 g/mol. The highest BCUT2D eigenvalue weighted by molar-refractivity contribution is 9.10. The van der Waals surface area contributed by atoms with Crippen LogP contribution in [0.15, 0.2) is 22.7 Å². The Morgan fingerprint density at radius 2 is 2.22 bits per heavy atom. The van der Waals surface area contributed by atoms with Gasteiger partial charge in [0, 0.05) is 4.47 Å². The number of nitrogens with one attached hydrogen (secondary N) is 1. The van der Waals surface area contributed by atoms with E-state index >= 15 is 0 Å². The van der Waals surface area contributed by atoms with E-state index in [1.165, 1.54) is 12.1 Å². The van der Waals surface area contributed by atoms with Crippen molar-refractivity contribution in [1.82, 2.24) is 0 Å². The molecule has 1 amide bonds. The van der Waals surface area contributed by atoms with Gasteiger partial charge in [0.2, 0.25) is 5.91 Å². The van der Waals surface area contributed by atoms with E-state index in [1.54, 1.807) is 17.8 Å². The molecule has 0 spiro atoms. The minimum atomic E-state index is -1.01. The first-order chi connectivity index (χ1) is 8.58. The number of carboxylic acids is 1. The summed E-state index contributed by atoms with van der Waals surface area (Å²) in [5.41, 5.74) is 0.667. The fourth-order valence-electron chi connectivity index (χ4n) is 1.75. The summed E-state index contributed by atoms with van der Waals surface area (Å²) in [5, 5.41) is 11.7. The van der Waals surface area contributed by atoms with E-state index in [-0.39, 0.29) is 16.7 Å². The number of hydrogen-bond donors (Lipinski definition) is 2. The third kappa shape index (κ3) is 3.05. The topological polar surface area (TPSA) is 66.4 Å². The van der Waals surface area contributed by atoms with Gasteiger partial charge >= 0.3 is 5.97 Å². The van der Waals surface area contributed by atoms with Crippen molar-refractivity contribution in [2.75, 3.05) is 11.1 Å². The molecule has 2 N–H and O–H groups in total. The first kappa shape index (κ1) is 13.4. The van der Waals surface area contributed by atoms with Gasteiger partial charge in [-0.1, -0.05) is 0 Å². The SMILES string of the molecule is O=C(O)c1ccc(Br)c(NC(=O)C2CCCS2)c1. The lowest BCUT2D eigenvalue weighted by Crippen LogP contribution is -2.23. The Hall–Kier alpha value is -1.01. The predicted octanol–water partition coefficient (Wildman–Crippen LogP) is 2.98. The number of halogens is 1. The Morgan fingerprint density at radius 1 is 1.44 bits per heavy atom. The second kappa shape index (κ2) is 5.75. The van der Waals surface area contributed by atoms with Crippen molar-refractivity contribution in [3.63, 3.8) is 0 Å². The Morgan fingerprint density at radius 3 is 2.83 bits per heavy atom. The summed E-state index contributed by atoms with van der Waals surface area (Å²) >= 11 is 4.94. The second-order valence-corrected chi connectivity index (χ2v) is 6.16. The average Bonchev–Trinajstić information content (AvgIpc) is 2.85. The molecule has 2 rings (SSSR count). The van der Waals surface area contributed by atoms with Gasteiger partial charge in [-0.05, 0) is 52.7 Å². The Labute approximate surface area is 117 Å². The zero-order valence-corrected chi connectivity index (χ0v) is 11.9. The zero-order valence-electron chi connectivity index (χ0n) is 9.48. The summed E-state index contributed by atoms with van der Waals surface area (Å²) in [5.74, 6) is -0.0528. The molecule has 1 aliphatic rings. The van der Waals surface area contributed by atoms with Gasteiger partial charge in [-0.15, -0.1) is 11.8 Å². The van der Waals surface area contributed by atoms with Crippen LogP contribution in [0.25, 0.3) is 0 Å². The van der Waals surface area contributed by atoms with Gasteiger partial charge in [0.25, 0.3) is 0 Å². The number of anilines is 1. The maximum atomic E-state index is 11.9. The quantitative estimate of drug-likeness (QED) is 0.894. The molecule has 0 bridgehead atoms. The number of carbonyl (C=O) groups excluding carboxylic acids is 1. The standard InChI is InChI=1S/C12H12BrNO3S/c13-8-4-3-7(12(16)17)6-9(8)14-11(15)10-2-1-5-18-10/h3-4,6,10H,1-2,5H2,(H,14,15)(H,16,17). The molecule has 1 aromatic carbocycles. The third-order valence-electron chi connectivity index (χ3n) is 2.69. The van der Waals surface area contributed by atoms with E-state index in [9.17, 15) is 9.59 Å². The van der Waals surface area contributed by atoms with Crippen molar-refractivity contribution in [3.05, 3.63) is 28.2 Å². The molecule has 0 radical (unpaired) electrons. The maximum Gasteiger partial charge on any atom is 0.335 e. The molecule has 1 fully saturated rings. The van der Waals surface area contributed by atoms with E-state index in [2.05, 4.69) is 21.2 Å². The van der Waals surface area contributed by atoms with E-state index in [0.717, 1.165) is 18.6 Å². The van der Waals surface area contributed by atoms with Crippen LogP contribution >= 0.6 is 27.7 Å². The van der Waals surface area contributed by atoms with Crippen LogP contribution in [0.5, 0.6) is 0 Å². The summed E-state index contributed by atoms with van der Waals surface area (Å²) < 4.78 is 0.684. The first-order valence-corrected chi connectivity index (χ1v) is 7.37. The second-order valence-electron chi connectivity index (χ2n) is 3.99. The van der Waals surface area contributed by atoms with E-state index in [1.807, 2.05) is 0 Å². The van der Waals surface area contributed by atoms with Gasteiger partial charge in [-0.25, -0.2) is 4.79 Å². The summed E-state index contributed by atoms with van der Waals surface area (Å²) in [4.78, 5) is 22.8. The number of thioether (sulfide) groups is 1. The number of aromatic carboxylic acids is 1. The fourth-order valence-corrected chi connectivity index (χ4v) is 3.26. The van der Waals surface area contributed by atoms with Crippen molar-refractivity contribution >= 4 is 45.3 Å². The molecule has 1 atom stereocenters. The van der Waals surface area contributed by atoms with Gasteiger partial charge in [-0.2, -0.15) is 0 Å². The van der Waals surface area contributed by atoms with Crippen molar-refractivity contribution in [2.24, 2.45) is 0 Å². The summed E-state index contributed by atoms with van der Waals surface area (Å²) in [7, 11) is 0. The molecule has 18 heavy (non-hydrogen) atoms. The molecule has 4 nitrogen and oxygen atoms in total. The predicted molar refractivity (Wildman–Crippen MR) is 75.2 cm³/mol. The normalized spacial score (nSPS) is 18.6. The molecule has 1 aromatic rings.